The third kappa shape index (κ3) is 2.73. The standard InChI is InChI=1S/C9H7Cl2N/c1-2-3-4-7-5-8(10)12-9(11)6-7/h1,5-6H,3-4H2. The van der Waals surface area contributed by atoms with Gasteiger partial charge in [-0.25, -0.2) is 4.98 Å². The van der Waals surface area contributed by atoms with E-state index in [1.807, 2.05) is 0 Å². The van der Waals surface area contributed by atoms with Gasteiger partial charge < -0.3 is 0 Å². The number of terminal acetylenes is 1. The minimum Gasteiger partial charge on any atom is -0.224 e. The van der Waals surface area contributed by atoms with Crippen LogP contribution in [0.3, 0.4) is 0 Å². The molecule has 0 unspecified atom stereocenters. The Morgan fingerprint density at radius 1 is 1.33 bits per heavy atom. The molecule has 0 atom stereocenters. The summed E-state index contributed by atoms with van der Waals surface area (Å²) in [5, 5.41) is 0.823. The number of hydrogen-bond acceptors (Lipinski definition) is 1. The van der Waals surface area contributed by atoms with Crippen LogP contribution in [0.4, 0.5) is 0 Å². The zero-order valence-electron chi connectivity index (χ0n) is 6.35. The first-order chi connectivity index (χ1) is 5.72. The van der Waals surface area contributed by atoms with Crippen LogP contribution in [0.2, 0.25) is 10.3 Å². The molecule has 1 rings (SSSR count). The van der Waals surface area contributed by atoms with Gasteiger partial charge in [-0.1, -0.05) is 23.2 Å². The molecular formula is C9H7Cl2N. The number of hydrogen-bond donors (Lipinski definition) is 0. The van der Waals surface area contributed by atoms with E-state index >= 15 is 0 Å². The van der Waals surface area contributed by atoms with E-state index in [0.717, 1.165) is 12.0 Å². The molecule has 0 spiro atoms. The van der Waals surface area contributed by atoms with Gasteiger partial charge in [0, 0.05) is 6.42 Å². The van der Waals surface area contributed by atoms with Crippen molar-refractivity contribution in [2.45, 2.75) is 12.8 Å². The highest BCUT2D eigenvalue weighted by molar-refractivity contribution is 6.32. The molecule has 1 heterocycles. The molecule has 0 aliphatic rings. The van der Waals surface area contributed by atoms with Crippen LogP contribution in [0.5, 0.6) is 0 Å². The van der Waals surface area contributed by atoms with Crippen LogP contribution in [-0.4, -0.2) is 4.98 Å². The van der Waals surface area contributed by atoms with Gasteiger partial charge in [0.15, 0.2) is 0 Å². The number of pyridine rings is 1. The first-order valence-electron chi connectivity index (χ1n) is 3.48. The van der Waals surface area contributed by atoms with Gasteiger partial charge >= 0.3 is 0 Å². The van der Waals surface area contributed by atoms with Crippen molar-refractivity contribution in [1.82, 2.24) is 4.98 Å². The zero-order valence-corrected chi connectivity index (χ0v) is 7.86. The average molecular weight is 200 g/mol. The maximum Gasteiger partial charge on any atom is 0.131 e. The second-order valence-electron chi connectivity index (χ2n) is 2.32. The van der Waals surface area contributed by atoms with Crippen molar-refractivity contribution in [3.8, 4) is 12.3 Å². The molecule has 1 nitrogen and oxygen atoms in total. The maximum absolute atomic E-state index is 5.68. The molecule has 0 fully saturated rings. The Labute approximate surface area is 81.7 Å². The summed E-state index contributed by atoms with van der Waals surface area (Å²) in [5.74, 6) is 2.55. The van der Waals surface area contributed by atoms with Crippen molar-refractivity contribution < 1.29 is 0 Å². The van der Waals surface area contributed by atoms with E-state index < -0.39 is 0 Å². The number of nitrogens with zero attached hydrogens (tertiary/aromatic N) is 1. The summed E-state index contributed by atoms with van der Waals surface area (Å²) in [7, 11) is 0. The SMILES string of the molecule is C#CCCc1cc(Cl)nc(Cl)c1. The topological polar surface area (TPSA) is 12.9 Å². The first kappa shape index (κ1) is 9.38. The second kappa shape index (κ2) is 4.35. The Morgan fingerprint density at radius 2 is 1.92 bits per heavy atom. The summed E-state index contributed by atoms with van der Waals surface area (Å²) < 4.78 is 0. The highest BCUT2D eigenvalue weighted by Crippen LogP contribution is 2.15. The Kier molecular flexibility index (Phi) is 3.40. The van der Waals surface area contributed by atoms with E-state index in [9.17, 15) is 0 Å². The van der Waals surface area contributed by atoms with E-state index in [1.165, 1.54) is 0 Å². The lowest BCUT2D eigenvalue weighted by Gasteiger charge is -1.98. The van der Waals surface area contributed by atoms with E-state index in [2.05, 4.69) is 10.9 Å². The summed E-state index contributed by atoms with van der Waals surface area (Å²) >= 11 is 11.4. The molecule has 0 radical (unpaired) electrons. The fraction of sp³-hybridized carbons (Fsp3) is 0.222. The van der Waals surface area contributed by atoms with E-state index in [-0.39, 0.29) is 0 Å². The van der Waals surface area contributed by atoms with Gasteiger partial charge in [0.05, 0.1) is 0 Å². The van der Waals surface area contributed by atoms with Crippen LogP contribution in [0, 0.1) is 12.3 Å². The highest BCUT2D eigenvalue weighted by Gasteiger charge is 1.97. The molecule has 0 saturated heterocycles. The molecule has 12 heavy (non-hydrogen) atoms. The molecular weight excluding hydrogens is 193 g/mol. The summed E-state index contributed by atoms with van der Waals surface area (Å²) in [6, 6.07) is 3.54. The Balaban J connectivity index is 2.80. The summed E-state index contributed by atoms with van der Waals surface area (Å²) in [6.07, 6.45) is 6.60. The van der Waals surface area contributed by atoms with Crippen molar-refractivity contribution in [3.63, 3.8) is 0 Å². The van der Waals surface area contributed by atoms with E-state index in [0.29, 0.717) is 16.7 Å². The highest BCUT2D eigenvalue weighted by atomic mass is 35.5. The minimum absolute atomic E-state index is 0.412. The van der Waals surface area contributed by atoms with Crippen LogP contribution in [0.25, 0.3) is 0 Å². The molecule has 1 aromatic rings. The fourth-order valence-electron chi connectivity index (χ4n) is 0.875. The Morgan fingerprint density at radius 3 is 2.42 bits per heavy atom. The van der Waals surface area contributed by atoms with Gasteiger partial charge in [-0.15, -0.1) is 12.3 Å². The van der Waals surface area contributed by atoms with Crippen molar-refractivity contribution in [2.75, 3.05) is 0 Å². The lowest BCUT2D eigenvalue weighted by atomic mass is 10.1. The first-order valence-corrected chi connectivity index (χ1v) is 4.23. The molecule has 0 bridgehead atoms. The Hall–Kier alpha value is -0.710. The number of aromatic nitrogens is 1. The van der Waals surface area contributed by atoms with Crippen LogP contribution in [-0.2, 0) is 6.42 Å². The molecule has 0 aromatic carbocycles. The molecule has 0 saturated carbocycles. The van der Waals surface area contributed by atoms with Crippen molar-refractivity contribution >= 4 is 23.2 Å². The van der Waals surface area contributed by atoms with Crippen molar-refractivity contribution in [2.24, 2.45) is 0 Å². The quantitative estimate of drug-likeness (QED) is 0.528. The predicted octanol–water partition coefficient (Wildman–Crippen LogP) is 2.95. The zero-order chi connectivity index (χ0) is 8.97. The van der Waals surface area contributed by atoms with Crippen molar-refractivity contribution in [1.29, 1.82) is 0 Å². The summed E-state index contributed by atoms with van der Waals surface area (Å²) in [4.78, 5) is 3.82. The van der Waals surface area contributed by atoms with Gasteiger partial charge in [-0.2, -0.15) is 0 Å². The lowest BCUT2D eigenvalue weighted by Crippen LogP contribution is -1.86. The van der Waals surface area contributed by atoms with Crippen molar-refractivity contribution in [3.05, 3.63) is 28.0 Å². The van der Waals surface area contributed by atoms with Gasteiger partial charge in [0.25, 0.3) is 0 Å². The maximum atomic E-state index is 5.68. The number of halogens is 2. The molecule has 1 aromatic heterocycles. The third-order valence-electron chi connectivity index (χ3n) is 1.38. The molecule has 0 N–H and O–H groups in total. The number of aryl methyl sites for hydroxylation is 1. The predicted molar refractivity (Wildman–Crippen MR) is 51.4 cm³/mol. The monoisotopic (exact) mass is 199 g/mol. The molecule has 0 aliphatic carbocycles. The minimum atomic E-state index is 0.412. The van der Waals surface area contributed by atoms with Crippen LogP contribution < -0.4 is 0 Å². The third-order valence-corrected chi connectivity index (χ3v) is 1.77. The normalized spacial score (nSPS) is 9.42. The molecule has 62 valence electrons. The van der Waals surface area contributed by atoms with Gasteiger partial charge in [0.2, 0.25) is 0 Å². The summed E-state index contributed by atoms with van der Waals surface area (Å²) in [6.45, 7) is 0. The van der Waals surface area contributed by atoms with E-state index in [1.54, 1.807) is 12.1 Å². The van der Waals surface area contributed by atoms with Crippen LogP contribution >= 0.6 is 23.2 Å². The van der Waals surface area contributed by atoms with Crippen LogP contribution in [0.15, 0.2) is 12.1 Å². The largest absolute Gasteiger partial charge is 0.224 e. The van der Waals surface area contributed by atoms with Crippen LogP contribution in [0.1, 0.15) is 12.0 Å². The average Bonchev–Trinajstić information content (AvgIpc) is 1.99. The van der Waals surface area contributed by atoms with E-state index in [4.69, 9.17) is 29.6 Å². The van der Waals surface area contributed by atoms with Gasteiger partial charge in [-0.3, -0.25) is 0 Å². The molecule has 0 aliphatic heterocycles. The summed E-state index contributed by atoms with van der Waals surface area (Å²) in [5.41, 5.74) is 1.03. The molecule has 3 heteroatoms. The van der Waals surface area contributed by atoms with Gasteiger partial charge in [0.1, 0.15) is 10.3 Å². The second-order valence-corrected chi connectivity index (χ2v) is 3.10. The smallest absolute Gasteiger partial charge is 0.131 e. The van der Waals surface area contributed by atoms with Gasteiger partial charge in [-0.05, 0) is 24.1 Å². The molecule has 0 amide bonds. The Bertz CT molecular complexity index is 295. The fourth-order valence-corrected chi connectivity index (χ4v) is 1.38. The lowest BCUT2D eigenvalue weighted by molar-refractivity contribution is 1.02. The number of rotatable bonds is 2.